The lowest BCUT2D eigenvalue weighted by Gasteiger charge is -2.22. The molecule has 0 saturated carbocycles. The maximum absolute atomic E-state index is 12.8. The molecule has 0 aliphatic carbocycles. The van der Waals surface area contributed by atoms with Crippen LogP contribution < -0.4 is 44.3 Å². The first-order valence-electron chi connectivity index (χ1n) is 12.0. The van der Waals surface area contributed by atoms with Gasteiger partial charge in [-0.15, -0.1) is 5.53 Å². The number of amides is 3. The third-order valence-electron chi connectivity index (χ3n) is 5.09. The zero-order chi connectivity index (χ0) is 28.1. The average molecular weight is 529 g/mol. The first-order valence-corrected chi connectivity index (χ1v) is 12.0. The van der Waals surface area contributed by atoms with Gasteiger partial charge >= 0.3 is 5.97 Å². The number of hydrogen-bond acceptors (Lipinski definition) is 8. The van der Waals surface area contributed by atoms with Gasteiger partial charge in [0.2, 0.25) is 17.7 Å². The van der Waals surface area contributed by atoms with Gasteiger partial charge < -0.3 is 44.0 Å². The third kappa shape index (κ3) is 17.3. The molecular weight excluding hydrogens is 488 g/mol. The SMILES string of the molecule is [N-]=[N+]=NNCCCC[C@H](NC(=O)[C@H](CCCCN)NC(=O)CNC(=O)[C@@H](N)CCCN=C(N)N)C(=O)O. The van der Waals surface area contributed by atoms with Gasteiger partial charge in [-0.05, 0) is 63.1 Å². The standard InChI is InChI=1S/C20H40N12O5/c21-9-3-1-7-14(18(35)30-15(19(36)37)8-2-4-11-28-32-31-25)29-16(33)12-27-17(34)13(22)6-5-10-26-20(23)24/h13-15,28H,1-12,21-22H2,(H,27,34)(H,29,33)(H,30,35)(H,36,37)(H4,23,24,26)/t13-,14-,15-/m0/s1. The summed E-state index contributed by atoms with van der Waals surface area (Å²) in [5, 5.41) is 20.0. The molecule has 17 nitrogen and oxygen atoms in total. The van der Waals surface area contributed by atoms with Crippen molar-refractivity contribution < 1.29 is 24.3 Å². The second kappa shape index (κ2) is 20.4. The van der Waals surface area contributed by atoms with Crippen molar-refractivity contribution >= 4 is 29.7 Å². The molecule has 0 unspecified atom stereocenters. The van der Waals surface area contributed by atoms with Crippen molar-refractivity contribution in [3.63, 3.8) is 0 Å². The number of rotatable bonds is 21. The Morgan fingerprint density at radius 2 is 1.59 bits per heavy atom. The maximum Gasteiger partial charge on any atom is 0.326 e. The molecule has 0 heterocycles. The van der Waals surface area contributed by atoms with Crippen LogP contribution in [0.15, 0.2) is 10.2 Å². The second-order valence-corrected chi connectivity index (χ2v) is 8.17. The Bertz CT molecular complexity index is 799. The normalized spacial score (nSPS) is 12.7. The summed E-state index contributed by atoms with van der Waals surface area (Å²) < 4.78 is 0. The van der Waals surface area contributed by atoms with Crippen LogP contribution in [0.4, 0.5) is 0 Å². The summed E-state index contributed by atoms with van der Waals surface area (Å²) in [7, 11) is 0. The minimum Gasteiger partial charge on any atom is -0.480 e. The number of carboxylic acid groups (broad SMARTS) is 1. The number of unbranched alkanes of at least 4 members (excludes halogenated alkanes) is 2. The highest BCUT2D eigenvalue weighted by molar-refractivity contribution is 5.92. The smallest absolute Gasteiger partial charge is 0.326 e. The van der Waals surface area contributed by atoms with E-state index in [1.807, 2.05) is 0 Å². The van der Waals surface area contributed by atoms with Crippen LogP contribution in [0, 0.1) is 0 Å². The highest BCUT2D eigenvalue weighted by Gasteiger charge is 2.26. The van der Waals surface area contributed by atoms with E-state index in [4.69, 9.17) is 28.5 Å². The number of nitrogens with one attached hydrogen (secondary N) is 4. The topological polar surface area (TPSA) is 302 Å². The monoisotopic (exact) mass is 528 g/mol. The van der Waals surface area contributed by atoms with Gasteiger partial charge in [-0.25, -0.2) is 4.79 Å². The number of carboxylic acids is 1. The molecule has 3 amide bonds. The lowest BCUT2D eigenvalue weighted by Crippen LogP contribution is -2.53. The summed E-state index contributed by atoms with van der Waals surface area (Å²) in [5.41, 5.74) is 32.4. The average Bonchev–Trinajstić information content (AvgIpc) is 2.85. The zero-order valence-electron chi connectivity index (χ0n) is 20.9. The van der Waals surface area contributed by atoms with E-state index >= 15 is 0 Å². The van der Waals surface area contributed by atoms with Crippen molar-refractivity contribution in [2.75, 3.05) is 26.2 Å². The van der Waals surface area contributed by atoms with Gasteiger partial charge in [0.1, 0.15) is 12.1 Å². The van der Waals surface area contributed by atoms with Crippen LogP contribution in [0.1, 0.15) is 51.4 Å². The number of aliphatic imine (C=N–C) groups is 1. The van der Waals surface area contributed by atoms with Gasteiger partial charge in [0.25, 0.3) is 0 Å². The van der Waals surface area contributed by atoms with Gasteiger partial charge in [-0.1, -0.05) is 0 Å². The largest absolute Gasteiger partial charge is 0.480 e. The van der Waals surface area contributed by atoms with Crippen LogP contribution >= 0.6 is 0 Å². The second-order valence-electron chi connectivity index (χ2n) is 8.17. The Labute approximate surface area is 215 Å². The van der Waals surface area contributed by atoms with Crippen molar-refractivity contribution in [2.24, 2.45) is 33.2 Å². The van der Waals surface area contributed by atoms with E-state index in [2.05, 4.69) is 36.5 Å². The Hall–Kier alpha value is -3.82. The summed E-state index contributed by atoms with van der Waals surface area (Å²) >= 11 is 0. The molecule has 0 aromatic heterocycles. The fourth-order valence-corrected chi connectivity index (χ4v) is 3.12. The Balaban J connectivity index is 4.82. The Morgan fingerprint density at radius 1 is 0.919 bits per heavy atom. The molecule has 210 valence electrons. The first kappa shape index (κ1) is 33.2. The summed E-state index contributed by atoms with van der Waals surface area (Å²) in [6, 6.07) is -3.06. The number of nitrogens with two attached hydrogens (primary N) is 4. The van der Waals surface area contributed by atoms with Gasteiger partial charge in [-0.3, -0.25) is 24.8 Å². The van der Waals surface area contributed by atoms with Crippen LogP contribution in [0.2, 0.25) is 0 Å². The van der Waals surface area contributed by atoms with E-state index in [-0.39, 0.29) is 18.8 Å². The third-order valence-corrected chi connectivity index (χ3v) is 5.09. The first-order chi connectivity index (χ1) is 17.6. The molecule has 0 saturated heterocycles. The number of azide groups is 1. The molecule has 0 aromatic carbocycles. The van der Waals surface area contributed by atoms with Crippen LogP contribution in [-0.2, 0) is 19.2 Å². The number of hydrogen-bond donors (Lipinski definition) is 9. The number of carbonyl (C=O) groups excluding carboxylic acids is 3. The van der Waals surface area contributed by atoms with E-state index in [1.165, 1.54) is 0 Å². The van der Waals surface area contributed by atoms with Crippen LogP contribution in [0.5, 0.6) is 0 Å². The van der Waals surface area contributed by atoms with E-state index in [0.717, 1.165) is 0 Å². The molecule has 3 atom stereocenters. The van der Waals surface area contributed by atoms with Crippen molar-refractivity contribution in [3.8, 4) is 0 Å². The van der Waals surface area contributed by atoms with Crippen molar-refractivity contribution in [2.45, 2.75) is 69.5 Å². The molecular formula is C20H40N12O5. The molecule has 37 heavy (non-hydrogen) atoms. The molecule has 13 N–H and O–H groups in total. The number of carbonyl (C=O) groups is 4. The number of aliphatic carboxylic acids is 1. The van der Waals surface area contributed by atoms with Crippen molar-refractivity contribution in [1.82, 2.24) is 21.4 Å². The lowest BCUT2D eigenvalue weighted by molar-refractivity contribution is -0.142. The highest BCUT2D eigenvalue weighted by atomic mass is 16.4. The van der Waals surface area contributed by atoms with Crippen molar-refractivity contribution in [3.05, 3.63) is 10.4 Å². The molecule has 17 heteroatoms. The number of nitrogens with zero attached hydrogens (tertiary/aromatic N) is 4. The summed E-state index contributed by atoms with van der Waals surface area (Å²) in [4.78, 5) is 55.2. The van der Waals surface area contributed by atoms with E-state index in [9.17, 15) is 24.3 Å². The summed E-state index contributed by atoms with van der Waals surface area (Å²) in [5.74, 6) is -3.12. The maximum atomic E-state index is 12.8. The molecule has 0 aliphatic heterocycles. The van der Waals surface area contributed by atoms with Crippen LogP contribution in [0.25, 0.3) is 10.4 Å². The fourth-order valence-electron chi connectivity index (χ4n) is 3.12. The lowest BCUT2D eigenvalue weighted by atomic mass is 10.1. The number of guanidine groups is 1. The minimum absolute atomic E-state index is 0.0612. The van der Waals surface area contributed by atoms with E-state index < -0.39 is 48.4 Å². The predicted molar refractivity (Wildman–Crippen MR) is 136 cm³/mol. The minimum atomic E-state index is -1.22. The Morgan fingerprint density at radius 3 is 2.22 bits per heavy atom. The van der Waals surface area contributed by atoms with Crippen LogP contribution in [0.3, 0.4) is 0 Å². The fraction of sp³-hybridized carbons (Fsp3) is 0.750. The van der Waals surface area contributed by atoms with Gasteiger partial charge in [0.15, 0.2) is 5.96 Å². The van der Waals surface area contributed by atoms with Crippen molar-refractivity contribution in [1.29, 1.82) is 0 Å². The molecule has 0 aromatic rings. The van der Waals surface area contributed by atoms with Gasteiger partial charge in [0.05, 0.1) is 19.1 Å². The van der Waals surface area contributed by atoms with Gasteiger partial charge in [-0.2, -0.15) is 4.91 Å². The highest BCUT2D eigenvalue weighted by Crippen LogP contribution is 2.05. The summed E-state index contributed by atoms with van der Waals surface area (Å²) in [6.07, 6.45) is 3.22. The van der Waals surface area contributed by atoms with Gasteiger partial charge in [0, 0.05) is 6.54 Å². The summed E-state index contributed by atoms with van der Waals surface area (Å²) in [6.45, 7) is 0.643. The van der Waals surface area contributed by atoms with Crippen LogP contribution in [-0.4, -0.2) is 79.1 Å². The molecule has 0 radical (unpaired) electrons. The zero-order valence-corrected chi connectivity index (χ0v) is 20.9. The quantitative estimate of drug-likeness (QED) is 0.0145. The Kier molecular flexibility index (Phi) is 18.3. The molecule has 0 spiro atoms. The molecule has 0 aliphatic rings. The molecule has 0 fully saturated rings. The molecule has 0 bridgehead atoms. The van der Waals surface area contributed by atoms with E-state index in [1.54, 1.807) is 0 Å². The van der Waals surface area contributed by atoms with E-state index in [0.29, 0.717) is 58.2 Å². The molecule has 0 rings (SSSR count). The predicted octanol–water partition coefficient (Wildman–Crippen LogP) is -2.35.